The molecule has 15 heavy (non-hydrogen) atoms. The molecule has 0 saturated carbocycles. The van der Waals surface area contributed by atoms with Gasteiger partial charge in [0.1, 0.15) is 11.6 Å². The summed E-state index contributed by atoms with van der Waals surface area (Å²) in [7, 11) is 0. The van der Waals surface area contributed by atoms with Gasteiger partial charge in [0.15, 0.2) is 0 Å². The third-order valence-electron chi connectivity index (χ3n) is 2.47. The molecular weight excluding hydrogens is 193 g/mol. The van der Waals surface area contributed by atoms with Crippen LogP contribution in [-0.2, 0) is 11.2 Å². The maximum atomic E-state index is 13.2. The fourth-order valence-electron chi connectivity index (χ4n) is 1.41. The maximum absolute atomic E-state index is 13.2. The van der Waals surface area contributed by atoms with Gasteiger partial charge in [0.05, 0.1) is 0 Å². The number of carbonyl (C=O) groups excluding carboxylic acids is 1. The molecule has 2 nitrogen and oxygen atoms in total. The molecule has 2 N–H and O–H groups in total. The zero-order chi connectivity index (χ0) is 11.3. The molecular formula is C12H16FNO. The molecule has 0 aromatic heterocycles. The lowest BCUT2D eigenvalue weighted by molar-refractivity contribution is -0.121. The van der Waals surface area contributed by atoms with Crippen molar-refractivity contribution in [1.82, 2.24) is 0 Å². The van der Waals surface area contributed by atoms with Crippen molar-refractivity contribution in [3.8, 4) is 0 Å². The van der Waals surface area contributed by atoms with Gasteiger partial charge < -0.3 is 5.73 Å². The van der Waals surface area contributed by atoms with E-state index in [0.717, 1.165) is 0 Å². The topological polar surface area (TPSA) is 43.1 Å². The van der Waals surface area contributed by atoms with E-state index in [0.29, 0.717) is 18.5 Å². The molecule has 0 aliphatic heterocycles. The molecule has 1 rings (SSSR count). The van der Waals surface area contributed by atoms with Crippen molar-refractivity contribution in [2.75, 3.05) is 6.54 Å². The highest BCUT2D eigenvalue weighted by Gasteiger charge is 2.14. The molecule has 1 aromatic rings. The zero-order valence-electron chi connectivity index (χ0n) is 8.87. The van der Waals surface area contributed by atoms with Gasteiger partial charge >= 0.3 is 0 Å². The van der Waals surface area contributed by atoms with Crippen LogP contribution in [0.15, 0.2) is 24.3 Å². The average Bonchev–Trinajstić information content (AvgIpc) is 2.21. The predicted molar refractivity (Wildman–Crippen MR) is 57.9 cm³/mol. The summed E-state index contributed by atoms with van der Waals surface area (Å²) in [6.45, 7) is 2.32. The Morgan fingerprint density at radius 3 is 2.73 bits per heavy atom. The second-order valence-electron chi connectivity index (χ2n) is 3.71. The number of hydrogen-bond donors (Lipinski definition) is 1. The van der Waals surface area contributed by atoms with E-state index in [1.165, 1.54) is 6.07 Å². The summed E-state index contributed by atoms with van der Waals surface area (Å²) in [5, 5.41) is 0. The van der Waals surface area contributed by atoms with Crippen LogP contribution in [0.4, 0.5) is 4.39 Å². The van der Waals surface area contributed by atoms with Crippen molar-refractivity contribution in [3.05, 3.63) is 35.6 Å². The van der Waals surface area contributed by atoms with Gasteiger partial charge in [-0.1, -0.05) is 25.1 Å². The lowest BCUT2D eigenvalue weighted by Crippen LogP contribution is -2.17. The van der Waals surface area contributed by atoms with Crippen LogP contribution < -0.4 is 5.73 Å². The lowest BCUT2D eigenvalue weighted by Gasteiger charge is -2.09. The minimum atomic E-state index is -0.314. The van der Waals surface area contributed by atoms with E-state index in [-0.39, 0.29) is 23.9 Å². The molecule has 0 aliphatic carbocycles. The Labute approximate surface area is 89.3 Å². The summed E-state index contributed by atoms with van der Waals surface area (Å²) in [5.41, 5.74) is 5.83. The minimum absolute atomic E-state index is 0.0468. The largest absolute Gasteiger partial charge is 0.330 e. The zero-order valence-corrected chi connectivity index (χ0v) is 8.87. The Morgan fingerprint density at radius 1 is 1.47 bits per heavy atom. The first-order chi connectivity index (χ1) is 7.15. The second kappa shape index (κ2) is 5.61. The molecule has 0 saturated heterocycles. The van der Waals surface area contributed by atoms with Crippen LogP contribution in [0.5, 0.6) is 0 Å². The van der Waals surface area contributed by atoms with Gasteiger partial charge in [-0.05, 0) is 24.6 Å². The monoisotopic (exact) mass is 209 g/mol. The highest BCUT2D eigenvalue weighted by atomic mass is 19.1. The van der Waals surface area contributed by atoms with Gasteiger partial charge in [-0.3, -0.25) is 4.79 Å². The van der Waals surface area contributed by atoms with Crippen LogP contribution >= 0.6 is 0 Å². The van der Waals surface area contributed by atoms with E-state index in [1.54, 1.807) is 18.2 Å². The van der Waals surface area contributed by atoms with E-state index < -0.39 is 0 Å². The molecule has 0 spiro atoms. The Hall–Kier alpha value is -1.22. The van der Waals surface area contributed by atoms with Crippen LogP contribution in [0.1, 0.15) is 18.9 Å². The molecule has 82 valence electrons. The summed E-state index contributed by atoms with van der Waals surface area (Å²) in [6, 6.07) is 6.37. The number of rotatable bonds is 5. The molecule has 1 atom stereocenters. The fourth-order valence-corrected chi connectivity index (χ4v) is 1.41. The molecule has 1 aromatic carbocycles. The summed E-state index contributed by atoms with van der Waals surface area (Å²) < 4.78 is 13.2. The van der Waals surface area contributed by atoms with Crippen molar-refractivity contribution in [2.45, 2.75) is 19.8 Å². The fraction of sp³-hybridized carbons (Fsp3) is 0.417. The Morgan fingerprint density at radius 2 is 2.13 bits per heavy atom. The molecule has 0 fully saturated rings. The number of nitrogens with two attached hydrogens (primary N) is 1. The van der Waals surface area contributed by atoms with Crippen molar-refractivity contribution < 1.29 is 9.18 Å². The van der Waals surface area contributed by atoms with Crippen LogP contribution in [0.25, 0.3) is 0 Å². The highest BCUT2D eigenvalue weighted by Crippen LogP contribution is 2.11. The van der Waals surface area contributed by atoms with E-state index in [9.17, 15) is 9.18 Å². The van der Waals surface area contributed by atoms with Gasteiger partial charge in [0.2, 0.25) is 0 Å². The average molecular weight is 209 g/mol. The summed E-state index contributed by atoms with van der Waals surface area (Å²) in [6.07, 6.45) is 0.821. The predicted octanol–water partition coefficient (Wildman–Crippen LogP) is 1.92. The van der Waals surface area contributed by atoms with Gasteiger partial charge in [0.25, 0.3) is 0 Å². The Kier molecular flexibility index (Phi) is 4.43. The second-order valence-corrected chi connectivity index (χ2v) is 3.71. The first-order valence-electron chi connectivity index (χ1n) is 5.11. The SMILES string of the molecule is CC(CCN)C(=O)Cc1ccccc1F. The molecule has 0 bridgehead atoms. The Balaban J connectivity index is 2.62. The van der Waals surface area contributed by atoms with E-state index >= 15 is 0 Å². The number of carbonyl (C=O) groups is 1. The normalized spacial score (nSPS) is 12.5. The summed E-state index contributed by atoms with van der Waals surface area (Å²) in [5.74, 6) is -0.356. The van der Waals surface area contributed by atoms with Crippen molar-refractivity contribution in [2.24, 2.45) is 11.7 Å². The van der Waals surface area contributed by atoms with Crippen LogP contribution in [0.2, 0.25) is 0 Å². The van der Waals surface area contributed by atoms with Crippen LogP contribution in [-0.4, -0.2) is 12.3 Å². The number of ketones is 1. The smallest absolute Gasteiger partial charge is 0.140 e. The molecule has 0 radical (unpaired) electrons. The van der Waals surface area contributed by atoms with Gasteiger partial charge in [-0.25, -0.2) is 4.39 Å². The minimum Gasteiger partial charge on any atom is -0.330 e. The molecule has 3 heteroatoms. The molecule has 1 unspecified atom stereocenters. The van der Waals surface area contributed by atoms with Crippen molar-refractivity contribution in [1.29, 1.82) is 0 Å². The van der Waals surface area contributed by atoms with E-state index in [1.807, 2.05) is 6.92 Å². The number of halogens is 1. The third kappa shape index (κ3) is 3.44. The third-order valence-corrected chi connectivity index (χ3v) is 2.47. The number of hydrogen-bond acceptors (Lipinski definition) is 2. The quantitative estimate of drug-likeness (QED) is 0.805. The van der Waals surface area contributed by atoms with Crippen LogP contribution in [0.3, 0.4) is 0 Å². The standard InChI is InChI=1S/C12H16FNO/c1-9(6-7-14)12(15)8-10-4-2-3-5-11(10)13/h2-5,9H,6-8,14H2,1H3. The summed E-state index contributed by atoms with van der Waals surface area (Å²) >= 11 is 0. The van der Waals surface area contributed by atoms with E-state index in [2.05, 4.69) is 0 Å². The van der Waals surface area contributed by atoms with Gasteiger partial charge in [0, 0.05) is 12.3 Å². The first-order valence-corrected chi connectivity index (χ1v) is 5.11. The van der Waals surface area contributed by atoms with Crippen molar-refractivity contribution >= 4 is 5.78 Å². The first kappa shape index (κ1) is 11.9. The number of benzene rings is 1. The van der Waals surface area contributed by atoms with Gasteiger partial charge in [-0.2, -0.15) is 0 Å². The van der Waals surface area contributed by atoms with Crippen molar-refractivity contribution in [3.63, 3.8) is 0 Å². The van der Waals surface area contributed by atoms with Crippen LogP contribution in [0, 0.1) is 11.7 Å². The van der Waals surface area contributed by atoms with E-state index in [4.69, 9.17) is 5.73 Å². The molecule has 0 aliphatic rings. The van der Waals surface area contributed by atoms with Gasteiger partial charge in [-0.15, -0.1) is 0 Å². The Bertz CT molecular complexity index is 338. The highest BCUT2D eigenvalue weighted by molar-refractivity contribution is 5.82. The lowest BCUT2D eigenvalue weighted by atomic mass is 9.96. The number of Topliss-reactive ketones (excluding diaryl/α,β-unsaturated/α-hetero) is 1. The maximum Gasteiger partial charge on any atom is 0.140 e. The summed E-state index contributed by atoms with van der Waals surface area (Å²) in [4.78, 5) is 11.6. The molecule has 0 heterocycles. The molecule has 0 amide bonds.